The van der Waals surface area contributed by atoms with E-state index in [4.69, 9.17) is 4.74 Å². The minimum atomic E-state index is -0.502. The highest BCUT2D eigenvalue weighted by Crippen LogP contribution is 2.36. The summed E-state index contributed by atoms with van der Waals surface area (Å²) in [5.74, 6) is -0.296. The summed E-state index contributed by atoms with van der Waals surface area (Å²) in [6.07, 6.45) is -0.276. The van der Waals surface area contributed by atoms with E-state index in [0.717, 1.165) is 22.9 Å². The molecule has 1 saturated heterocycles. The van der Waals surface area contributed by atoms with E-state index in [2.05, 4.69) is 14.9 Å². The Kier molecular flexibility index (Phi) is 7.63. The molecule has 2 aliphatic rings. The molecule has 10 heteroatoms. The Morgan fingerprint density at radius 3 is 2.57 bits per heavy atom. The minimum absolute atomic E-state index is 0.0586. The third kappa shape index (κ3) is 6.71. The number of thioether (sulfide) groups is 1. The molecule has 0 aromatic heterocycles. The zero-order chi connectivity index (χ0) is 25.2. The summed E-state index contributed by atoms with van der Waals surface area (Å²) < 4.78 is 7.66. The summed E-state index contributed by atoms with van der Waals surface area (Å²) in [5.41, 5.74) is 1.34. The van der Waals surface area contributed by atoms with Crippen LogP contribution < -0.4 is 10.6 Å². The molecule has 0 radical (unpaired) electrons. The van der Waals surface area contributed by atoms with E-state index in [1.54, 1.807) is 29.0 Å². The Morgan fingerprint density at radius 1 is 1.11 bits per heavy atom. The molecule has 2 heterocycles. The molecule has 0 spiro atoms. The van der Waals surface area contributed by atoms with Gasteiger partial charge in [-0.2, -0.15) is 0 Å². The van der Waals surface area contributed by atoms with Gasteiger partial charge in [0.25, 0.3) is 5.91 Å². The lowest BCUT2D eigenvalue weighted by molar-refractivity contribution is -0.115. The first-order chi connectivity index (χ1) is 16.6. The number of ether oxygens (including phenoxy) is 1. The smallest absolute Gasteiger partial charge is 0.410 e. The van der Waals surface area contributed by atoms with Crippen LogP contribution in [0.3, 0.4) is 0 Å². The fourth-order valence-electron chi connectivity index (χ4n) is 3.62. The number of carbonyl (C=O) groups is 3. The van der Waals surface area contributed by atoms with E-state index in [1.807, 2.05) is 58.0 Å². The van der Waals surface area contributed by atoms with Gasteiger partial charge < -0.3 is 20.3 Å². The van der Waals surface area contributed by atoms with E-state index in [-0.39, 0.29) is 23.2 Å². The summed E-state index contributed by atoms with van der Waals surface area (Å²) >= 11 is 3.09. The van der Waals surface area contributed by atoms with Gasteiger partial charge in [-0.25, -0.2) is 9.10 Å². The number of carbonyl (C=O) groups excluding carboxylic acids is 3. The summed E-state index contributed by atoms with van der Waals surface area (Å²) in [4.78, 5) is 40.8. The van der Waals surface area contributed by atoms with Crippen molar-refractivity contribution in [2.24, 2.45) is 0 Å². The molecule has 2 N–H and O–H groups in total. The van der Waals surface area contributed by atoms with Gasteiger partial charge in [0.2, 0.25) is 5.91 Å². The van der Waals surface area contributed by atoms with Gasteiger partial charge in [-0.15, -0.1) is 11.8 Å². The number of nitrogens with one attached hydrogen (secondary N) is 2. The van der Waals surface area contributed by atoms with Crippen LogP contribution in [0.1, 0.15) is 38.1 Å². The van der Waals surface area contributed by atoms with Crippen molar-refractivity contribution in [3.05, 3.63) is 48.0 Å². The maximum atomic E-state index is 12.8. The third-order valence-electron chi connectivity index (χ3n) is 5.39. The first-order valence-corrected chi connectivity index (χ1v) is 13.2. The maximum absolute atomic E-state index is 12.8. The fraction of sp³-hybridized carbons (Fsp3) is 0.400. The fourth-order valence-corrected chi connectivity index (χ4v) is 5.51. The number of hydrogen-bond acceptors (Lipinski definition) is 7. The Morgan fingerprint density at radius 2 is 1.86 bits per heavy atom. The molecule has 0 aliphatic carbocycles. The Labute approximate surface area is 214 Å². The van der Waals surface area contributed by atoms with Gasteiger partial charge in [0.1, 0.15) is 5.60 Å². The number of fused-ring (bicyclic) bond motifs is 1. The van der Waals surface area contributed by atoms with Crippen LogP contribution in [-0.2, 0) is 9.53 Å². The second-order valence-electron chi connectivity index (χ2n) is 9.43. The molecule has 0 bridgehead atoms. The number of rotatable bonds is 4. The molecule has 2 aromatic rings. The number of anilines is 2. The van der Waals surface area contributed by atoms with Gasteiger partial charge in [0.15, 0.2) is 0 Å². The standard InChI is InChI=1S/C25H30N4O4S2/c1-16-22(30)27-20-14-17(8-9-21(20)34-16)23(31)26-18-6-5-7-19(15-18)35-29-12-10-28(11-13-29)24(32)33-25(2,3)4/h5-9,14-16H,10-13H2,1-4H3,(H,26,31)(H,27,30). The van der Waals surface area contributed by atoms with Crippen molar-refractivity contribution in [3.63, 3.8) is 0 Å². The number of amides is 3. The van der Waals surface area contributed by atoms with Crippen molar-refractivity contribution >= 4 is 53.0 Å². The van der Waals surface area contributed by atoms with Gasteiger partial charge in [0, 0.05) is 47.2 Å². The minimum Gasteiger partial charge on any atom is -0.444 e. The molecule has 35 heavy (non-hydrogen) atoms. The molecule has 2 aromatic carbocycles. The van der Waals surface area contributed by atoms with Crippen molar-refractivity contribution in [2.45, 2.75) is 48.3 Å². The van der Waals surface area contributed by atoms with Crippen LogP contribution in [0.2, 0.25) is 0 Å². The largest absolute Gasteiger partial charge is 0.444 e. The van der Waals surface area contributed by atoms with Crippen molar-refractivity contribution < 1.29 is 19.1 Å². The Hall–Kier alpha value is -2.69. The molecule has 1 unspecified atom stereocenters. The molecular formula is C25H30N4O4S2. The van der Waals surface area contributed by atoms with Gasteiger partial charge in [-0.1, -0.05) is 6.07 Å². The lowest BCUT2D eigenvalue weighted by Gasteiger charge is -2.34. The summed E-state index contributed by atoms with van der Waals surface area (Å²) in [5, 5.41) is 5.66. The third-order valence-corrected chi connectivity index (χ3v) is 7.65. The molecule has 1 atom stereocenters. The Balaban J connectivity index is 1.33. The van der Waals surface area contributed by atoms with Crippen molar-refractivity contribution in [1.29, 1.82) is 0 Å². The topological polar surface area (TPSA) is 91.0 Å². The van der Waals surface area contributed by atoms with Crippen LogP contribution in [0.15, 0.2) is 52.3 Å². The summed E-state index contributed by atoms with van der Waals surface area (Å²) in [6.45, 7) is 10.1. The van der Waals surface area contributed by atoms with Crippen LogP contribution in [0.4, 0.5) is 16.2 Å². The highest BCUT2D eigenvalue weighted by molar-refractivity contribution is 8.01. The van der Waals surface area contributed by atoms with E-state index in [1.165, 1.54) is 11.8 Å². The molecule has 2 aliphatic heterocycles. The molecular weight excluding hydrogens is 484 g/mol. The quantitative estimate of drug-likeness (QED) is 0.559. The van der Waals surface area contributed by atoms with Gasteiger partial charge in [-0.05, 0) is 76.0 Å². The van der Waals surface area contributed by atoms with E-state index in [9.17, 15) is 14.4 Å². The van der Waals surface area contributed by atoms with Crippen molar-refractivity contribution in [2.75, 3.05) is 36.8 Å². The van der Waals surface area contributed by atoms with Crippen LogP contribution in [-0.4, -0.2) is 64.1 Å². The maximum Gasteiger partial charge on any atom is 0.410 e. The molecule has 1 fully saturated rings. The average molecular weight is 515 g/mol. The van der Waals surface area contributed by atoms with E-state index < -0.39 is 5.60 Å². The lowest BCUT2D eigenvalue weighted by Crippen LogP contribution is -2.47. The molecule has 186 valence electrons. The van der Waals surface area contributed by atoms with Crippen LogP contribution in [0, 0.1) is 0 Å². The monoisotopic (exact) mass is 514 g/mol. The number of piperazine rings is 1. The van der Waals surface area contributed by atoms with Gasteiger partial charge in [0.05, 0.1) is 10.9 Å². The van der Waals surface area contributed by atoms with E-state index >= 15 is 0 Å². The highest BCUT2D eigenvalue weighted by Gasteiger charge is 2.26. The van der Waals surface area contributed by atoms with Gasteiger partial charge in [-0.3, -0.25) is 9.59 Å². The lowest BCUT2D eigenvalue weighted by atomic mass is 10.1. The SMILES string of the molecule is CC1Sc2ccc(C(=O)Nc3cccc(SN4CCN(C(=O)OC(C)(C)C)CC4)c3)cc2NC1=O. The average Bonchev–Trinajstić information content (AvgIpc) is 2.79. The first kappa shape index (κ1) is 25.4. The second kappa shape index (κ2) is 10.5. The Bertz CT molecular complexity index is 1130. The molecule has 8 nitrogen and oxygen atoms in total. The summed E-state index contributed by atoms with van der Waals surface area (Å²) in [6, 6.07) is 13.0. The molecule has 4 rings (SSSR count). The number of hydrogen-bond donors (Lipinski definition) is 2. The van der Waals surface area contributed by atoms with Crippen molar-refractivity contribution in [3.8, 4) is 0 Å². The summed E-state index contributed by atoms with van der Waals surface area (Å²) in [7, 11) is 0. The van der Waals surface area contributed by atoms with Crippen molar-refractivity contribution in [1.82, 2.24) is 9.21 Å². The zero-order valence-electron chi connectivity index (χ0n) is 20.3. The van der Waals surface area contributed by atoms with Gasteiger partial charge >= 0.3 is 6.09 Å². The van der Waals surface area contributed by atoms with E-state index in [0.29, 0.717) is 30.0 Å². The van der Waals surface area contributed by atoms with Crippen LogP contribution >= 0.6 is 23.7 Å². The van der Waals surface area contributed by atoms with Crippen LogP contribution in [0.5, 0.6) is 0 Å². The predicted octanol–water partition coefficient (Wildman–Crippen LogP) is 4.93. The predicted molar refractivity (Wildman–Crippen MR) is 140 cm³/mol. The molecule has 3 amide bonds. The zero-order valence-corrected chi connectivity index (χ0v) is 21.9. The number of benzene rings is 2. The molecule has 0 saturated carbocycles. The van der Waals surface area contributed by atoms with Crippen LogP contribution in [0.25, 0.3) is 0 Å². The second-order valence-corrected chi connectivity index (χ2v) is 12.0. The number of nitrogens with zero attached hydrogens (tertiary/aromatic N) is 2. The normalized spacial score (nSPS) is 18.5. The highest BCUT2D eigenvalue weighted by atomic mass is 32.2. The first-order valence-electron chi connectivity index (χ1n) is 11.5.